The molecule has 0 spiro atoms. The molecular formula is C56H112O4S2Sn. The molecule has 376 valence electrons. The number of hydrogen-bond acceptors (Lipinski definition) is 6. The predicted octanol–water partition coefficient (Wildman–Crippen LogP) is 20.2. The number of carbonyl (C=O) groups is 2. The minimum absolute atomic E-state index is 0.113. The van der Waals surface area contributed by atoms with E-state index in [1.165, 1.54) is 257 Å². The molecule has 0 aromatic heterocycles. The number of carbonyl (C=O) groups excluding carboxylic acids is 2. The van der Waals surface area contributed by atoms with Crippen LogP contribution in [0.5, 0.6) is 0 Å². The Balaban J connectivity index is 4.62. The van der Waals surface area contributed by atoms with Crippen LogP contribution in [-0.4, -0.2) is 54.2 Å². The second kappa shape index (κ2) is 53.4. The van der Waals surface area contributed by atoms with Crippen LogP contribution in [0.25, 0.3) is 0 Å². The standard InChI is InChI=1S/2C20H40O2S.2C8H17.Sn/c2*1-2-3-4-5-6-7-8-9-10-11-12-13-14-15-16-17-18-23-19-20(21)22;2*1-3-5-7-8-6-4-2;/h2*2-19H2,1H3,(H,21,22);2*1,3-8H2,2H3;/q;;;;+2/p-2. The molecule has 0 aliphatic heterocycles. The monoisotopic (exact) mass is 1030 g/mol. The van der Waals surface area contributed by atoms with Crippen LogP contribution in [0.2, 0.25) is 8.87 Å². The molecule has 0 bridgehead atoms. The fraction of sp³-hybridized carbons (Fsp3) is 0.964. The average Bonchev–Trinajstić information content (AvgIpc) is 3.28. The van der Waals surface area contributed by atoms with Crippen LogP contribution in [-0.2, 0) is 15.7 Å². The van der Waals surface area contributed by atoms with Gasteiger partial charge in [-0.25, -0.2) is 0 Å². The SMILES string of the molecule is CCCCCCCCCCCCCCCCCCSCC(=O)[O][Sn]([CH2]CCCCCCC)([CH2]CCCCCCC)[O]C(=O)CSCCCCCCCCCCCCCCCCCC. The van der Waals surface area contributed by atoms with Crippen molar-refractivity contribution in [3.63, 3.8) is 0 Å². The second-order valence-electron chi connectivity index (χ2n) is 19.6. The van der Waals surface area contributed by atoms with E-state index in [0.29, 0.717) is 11.5 Å². The Labute approximate surface area is 409 Å². The Hall–Kier alpha value is 0.439. The molecule has 0 unspecified atom stereocenters. The van der Waals surface area contributed by atoms with E-state index in [2.05, 4.69) is 27.7 Å². The molecule has 0 atom stereocenters. The van der Waals surface area contributed by atoms with Crippen molar-refractivity contribution in [1.29, 1.82) is 0 Å². The van der Waals surface area contributed by atoms with Crippen LogP contribution in [0.15, 0.2) is 0 Å². The van der Waals surface area contributed by atoms with E-state index in [4.69, 9.17) is 6.15 Å². The number of unbranched alkanes of at least 4 members (excludes halogenated alkanes) is 40. The summed E-state index contributed by atoms with van der Waals surface area (Å²) in [6.45, 7) is 9.12. The minimum Gasteiger partial charge on any atom is -0.0654 e. The fourth-order valence-corrected chi connectivity index (χ4v) is 20.4. The van der Waals surface area contributed by atoms with Gasteiger partial charge in [0.15, 0.2) is 0 Å². The summed E-state index contributed by atoms with van der Waals surface area (Å²) >= 11 is -0.520. The van der Waals surface area contributed by atoms with Gasteiger partial charge in [0, 0.05) is 0 Å². The molecule has 4 nitrogen and oxygen atoms in total. The maximum absolute atomic E-state index is 13.5. The third-order valence-electron chi connectivity index (χ3n) is 13.1. The number of hydrogen-bond donors (Lipinski definition) is 0. The average molecular weight is 1030 g/mol. The molecule has 0 radical (unpaired) electrons. The number of rotatable bonds is 54. The van der Waals surface area contributed by atoms with Crippen molar-refractivity contribution >= 4 is 54.7 Å². The second-order valence-corrected chi connectivity index (χ2v) is 31.0. The summed E-state index contributed by atoms with van der Waals surface area (Å²) < 4.78 is 14.7. The van der Waals surface area contributed by atoms with Gasteiger partial charge in [-0.05, 0) is 0 Å². The quantitative estimate of drug-likeness (QED) is 0.0447. The summed E-state index contributed by atoms with van der Waals surface area (Å²) in [7, 11) is 0. The molecule has 0 fully saturated rings. The van der Waals surface area contributed by atoms with E-state index >= 15 is 0 Å². The first-order valence-electron chi connectivity index (χ1n) is 28.6. The Bertz CT molecular complexity index is 848. The van der Waals surface area contributed by atoms with Crippen LogP contribution in [0.1, 0.15) is 310 Å². The van der Waals surface area contributed by atoms with Crippen LogP contribution < -0.4 is 0 Å². The topological polar surface area (TPSA) is 52.6 Å². The van der Waals surface area contributed by atoms with Crippen molar-refractivity contribution in [2.45, 2.75) is 319 Å². The molecule has 0 aliphatic rings. The molecule has 63 heavy (non-hydrogen) atoms. The molecule has 0 aromatic rings. The van der Waals surface area contributed by atoms with Crippen molar-refractivity contribution in [2.75, 3.05) is 23.0 Å². The Kier molecular flexibility index (Phi) is 53.8. The van der Waals surface area contributed by atoms with E-state index in [1.807, 2.05) is 0 Å². The molecule has 0 aromatic carbocycles. The zero-order valence-electron chi connectivity index (χ0n) is 43.3. The van der Waals surface area contributed by atoms with Crippen LogP contribution >= 0.6 is 23.5 Å². The van der Waals surface area contributed by atoms with Gasteiger partial charge in [0.2, 0.25) is 0 Å². The summed E-state index contributed by atoms with van der Waals surface area (Å²) in [6, 6.07) is 0. The molecule has 7 heteroatoms. The molecular weight excluding hydrogens is 919 g/mol. The van der Waals surface area contributed by atoms with Crippen molar-refractivity contribution in [2.24, 2.45) is 0 Å². The number of thioether (sulfide) groups is 2. The Morgan fingerprint density at radius 2 is 0.476 bits per heavy atom. The normalized spacial score (nSPS) is 11.7. The summed E-state index contributed by atoms with van der Waals surface area (Å²) in [5.41, 5.74) is 0. The van der Waals surface area contributed by atoms with Gasteiger partial charge in [0.05, 0.1) is 0 Å². The minimum atomic E-state index is -3.98. The molecule has 0 N–H and O–H groups in total. The van der Waals surface area contributed by atoms with E-state index < -0.39 is 19.2 Å². The van der Waals surface area contributed by atoms with Crippen molar-refractivity contribution in [1.82, 2.24) is 0 Å². The van der Waals surface area contributed by atoms with Gasteiger partial charge in [-0.2, -0.15) is 0 Å². The van der Waals surface area contributed by atoms with Gasteiger partial charge < -0.3 is 0 Å². The maximum atomic E-state index is 13.5. The Morgan fingerprint density at radius 3 is 0.698 bits per heavy atom. The van der Waals surface area contributed by atoms with Crippen LogP contribution in [0.4, 0.5) is 0 Å². The van der Waals surface area contributed by atoms with E-state index in [1.54, 1.807) is 23.5 Å². The predicted molar refractivity (Wildman–Crippen MR) is 288 cm³/mol. The molecule has 0 aliphatic carbocycles. The zero-order chi connectivity index (χ0) is 45.8. The molecule has 0 rings (SSSR count). The fourth-order valence-electron chi connectivity index (χ4n) is 8.99. The van der Waals surface area contributed by atoms with Crippen LogP contribution in [0.3, 0.4) is 0 Å². The van der Waals surface area contributed by atoms with Gasteiger partial charge >= 0.3 is 283 Å². The van der Waals surface area contributed by atoms with E-state index in [-0.39, 0.29) is 11.9 Å². The smallest absolute Gasteiger partial charge is 0.0654 e. The summed E-state index contributed by atoms with van der Waals surface area (Å²) in [5, 5.41) is 0. The Morgan fingerprint density at radius 1 is 0.286 bits per heavy atom. The summed E-state index contributed by atoms with van der Waals surface area (Å²) in [4.78, 5) is 27.0. The third kappa shape index (κ3) is 48.7. The van der Waals surface area contributed by atoms with Crippen molar-refractivity contribution < 1.29 is 15.7 Å². The van der Waals surface area contributed by atoms with Gasteiger partial charge in [-0.1, -0.05) is 129 Å². The molecule has 0 amide bonds. The van der Waals surface area contributed by atoms with Crippen molar-refractivity contribution in [3.05, 3.63) is 0 Å². The zero-order valence-corrected chi connectivity index (χ0v) is 47.8. The third-order valence-corrected chi connectivity index (χ3v) is 25.0. The van der Waals surface area contributed by atoms with Crippen LogP contribution in [0, 0.1) is 0 Å². The first kappa shape index (κ1) is 63.4. The summed E-state index contributed by atoms with van der Waals surface area (Å²) in [6.07, 6.45) is 58.5. The van der Waals surface area contributed by atoms with Gasteiger partial charge in [0.1, 0.15) is 0 Å². The van der Waals surface area contributed by atoms with E-state index in [0.717, 1.165) is 46.1 Å². The first-order chi connectivity index (χ1) is 31.0. The van der Waals surface area contributed by atoms with Crippen molar-refractivity contribution in [3.8, 4) is 0 Å². The molecule has 0 saturated carbocycles. The van der Waals surface area contributed by atoms with Gasteiger partial charge in [-0.15, -0.1) is 0 Å². The van der Waals surface area contributed by atoms with E-state index in [9.17, 15) is 9.59 Å². The molecule has 0 heterocycles. The first-order valence-corrected chi connectivity index (χ1v) is 37.3. The molecule has 0 saturated heterocycles. The summed E-state index contributed by atoms with van der Waals surface area (Å²) in [5.74, 6) is 2.60. The van der Waals surface area contributed by atoms with Gasteiger partial charge in [-0.3, -0.25) is 0 Å². The van der Waals surface area contributed by atoms with Gasteiger partial charge in [0.25, 0.3) is 0 Å².